The minimum absolute atomic E-state index is 0.323. The molecule has 1 aromatic rings. The summed E-state index contributed by atoms with van der Waals surface area (Å²) in [5.41, 5.74) is 1.75. The van der Waals surface area contributed by atoms with Crippen LogP contribution < -0.4 is 5.32 Å². The Balaban J connectivity index is 2.41. The zero-order chi connectivity index (χ0) is 12.1. The highest BCUT2D eigenvalue weighted by atomic mass is 16.4. The second kappa shape index (κ2) is 5.15. The number of aromatic nitrogens is 2. The molecule has 0 saturated carbocycles. The number of aromatic amines is 1. The van der Waals surface area contributed by atoms with Gasteiger partial charge in [-0.1, -0.05) is 0 Å². The third-order valence-corrected chi connectivity index (χ3v) is 2.08. The molecule has 0 radical (unpaired) electrons. The Labute approximate surface area is 92.4 Å². The summed E-state index contributed by atoms with van der Waals surface area (Å²) >= 11 is 0. The van der Waals surface area contributed by atoms with Gasteiger partial charge in [-0.25, -0.2) is 4.79 Å². The van der Waals surface area contributed by atoms with Crippen LogP contribution in [0.2, 0.25) is 0 Å². The van der Waals surface area contributed by atoms with Crippen molar-refractivity contribution >= 4 is 12.0 Å². The van der Waals surface area contributed by atoms with Crippen molar-refractivity contribution in [2.75, 3.05) is 13.6 Å². The van der Waals surface area contributed by atoms with Crippen LogP contribution in [0.3, 0.4) is 0 Å². The summed E-state index contributed by atoms with van der Waals surface area (Å²) in [7, 11) is 1.42. The number of nitrogens with zero attached hydrogens (tertiary/aromatic N) is 2. The molecular weight excluding hydrogens is 212 g/mol. The van der Waals surface area contributed by atoms with E-state index in [9.17, 15) is 9.59 Å². The minimum atomic E-state index is -1.04. The first-order chi connectivity index (χ1) is 7.50. The lowest BCUT2D eigenvalue weighted by molar-refractivity contribution is -0.137. The van der Waals surface area contributed by atoms with E-state index in [1.807, 2.05) is 6.92 Å². The van der Waals surface area contributed by atoms with Crippen molar-refractivity contribution < 1.29 is 14.7 Å². The van der Waals surface area contributed by atoms with Crippen LogP contribution in [0, 0.1) is 6.92 Å². The van der Waals surface area contributed by atoms with Gasteiger partial charge in [0, 0.05) is 24.8 Å². The van der Waals surface area contributed by atoms with Crippen molar-refractivity contribution in [1.29, 1.82) is 0 Å². The molecular formula is C9H14N4O3. The fourth-order valence-electron chi connectivity index (χ4n) is 1.13. The number of aliphatic carboxylic acids is 1. The first kappa shape index (κ1) is 12.0. The summed E-state index contributed by atoms with van der Waals surface area (Å²) in [6, 6.07) is -0.428. The lowest BCUT2D eigenvalue weighted by atomic mass is 10.3. The van der Waals surface area contributed by atoms with E-state index in [1.165, 1.54) is 7.05 Å². The van der Waals surface area contributed by atoms with Gasteiger partial charge in [-0.05, 0) is 6.92 Å². The summed E-state index contributed by atoms with van der Waals surface area (Å²) in [6.45, 7) is 1.84. The minimum Gasteiger partial charge on any atom is -0.480 e. The number of carboxylic acid groups (broad SMARTS) is 1. The Morgan fingerprint density at radius 1 is 1.62 bits per heavy atom. The highest BCUT2D eigenvalue weighted by Gasteiger charge is 2.11. The van der Waals surface area contributed by atoms with Gasteiger partial charge in [0.2, 0.25) is 0 Å². The van der Waals surface area contributed by atoms with Crippen LogP contribution in [0.1, 0.15) is 11.3 Å². The number of hydrogen-bond donors (Lipinski definition) is 3. The average Bonchev–Trinajstić information content (AvgIpc) is 2.59. The number of carbonyl (C=O) groups excluding carboxylic acids is 1. The van der Waals surface area contributed by atoms with Crippen LogP contribution in [0.5, 0.6) is 0 Å². The third kappa shape index (κ3) is 3.26. The molecule has 0 aromatic carbocycles. The molecule has 1 heterocycles. The number of H-pyrrole nitrogens is 1. The molecule has 0 bridgehead atoms. The van der Waals surface area contributed by atoms with Crippen molar-refractivity contribution in [3.8, 4) is 0 Å². The maximum Gasteiger partial charge on any atom is 0.323 e. The topological polar surface area (TPSA) is 98.3 Å². The summed E-state index contributed by atoms with van der Waals surface area (Å²) < 4.78 is 0. The van der Waals surface area contributed by atoms with Crippen LogP contribution in [0.4, 0.5) is 4.79 Å². The fraction of sp³-hybridized carbons (Fsp3) is 0.444. The molecule has 3 N–H and O–H groups in total. The number of carbonyl (C=O) groups is 2. The molecule has 0 fully saturated rings. The smallest absolute Gasteiger partial charge is 0.323 e. The Morgan fingerprint density at radius 2 is 2.31 bits per heavy atom. The summed E-state index contributed by atoms with van der Waals surface area (Å²) in [5.74, 6) is -1.04. The number of urea groups is 1. The van der Waals surface area contributed by atoms with E-state index >= 15 is 0 Å². The Kier molecular flexibility index (Phi) is 3.87. The number of nitrogens with one attached hydrogen (secondary N) is 2. The Hall–Kier alpha value is -2.05. The van der Waals surface area contributed by atoms with Crippen LogP contribution in [-0.2, 0) is 11.3 Å². The average molecular weight is 226 g/mol. The fourth-order valence-corrected chi connectivity index (χ4v) is 1.13. The second-order valence-electron chi connectivity index (χ2n) is 3.43. The van der Waals surface area contributed by atoms with E-state index in [0.717, 1.165) is 16.2 Å². The van der Waals surface area contributed by atoms with Gasteiger partial charge in [-0.2, -0.15) is 5.10 Å². The van der Waals surface area contributed by atoms with Crippen molar-refractivity contribution in [3.05, 3.63) is 17.5 Å². The number of amides is 2. The molecule has 0 unspecified atom stereocenters. The predicted molar refractivity (Wildman–Crippen MR) is 55.8 cm³/mol. The van der Waals surface area contributed by atoms with Gasteiger partial charge in [0.25, 0.3) is 0 Å². The Bertz CT molecular complexity index is 388. The first-order valence-electron chi connectivity index (χ1n) is 4.70. The highest BCUT2D eigenvalue weighted by molar-refractivity contribution is 5.79. The van der Waals surface area contributed by atoms with Crippen LogP contribution in [0.25, 0.3) is 0 Å². The SMILES string of the molecule is Cc1[nH]ncc1CNC(=O)N(C)CC(=O)O. The van der Waals surface area contributed by atoms with Crippen molar-refractivity contribution in [2.24, 2.45) is 0 Å². The van der Waals surface area contributed by atoms with Crippen LogP contribution in [0.15, 0.2) is 6.20 Å². The van der Waals surface area contributed by atoms with E-state index < -0.39 is 12.0 Å². The highest BCUT2D eigenvalue weighted by Crippen LogP contribution is 2.01. The maximum absolute atomic E-state index is 11.4. The second-order valence-corrected chi connectivity index (χ2v) is 3.43. The maximum atomic E-state index is 11.4. The molecule has 88 valence electrons. The summed E-state index contributed by atoms with van der Waals surface area (Å²) in [5, 5.41) is 17.6. The zero-order valence-electron chi connectivity index (χ0n) is 9.15. The molecule has 0 atom stereocenters. The number of rotatable bonds is 4. The lowest BCUT2D eigenvalue weighted by Crippen LogP contribution is -2.39. The van der Waals surface area contributed by atoms with Gasteiger partial charge in [-0.15, -0.1) is 0 Å². The molecule has 0 saturated heterocycles. The monoisotopic (exact) mass is 226 g/mol. The first-order valence-corrected chi connectivity index (χ1v) is 4.70. The van der Waals surface area contributed by atoms with Crippen LogP contribution in [-0.4, -0.2) is 45.8 Å². The molecule has 0 spiro atoms. The third-order valence-electron chi connectivity index (χ3n) is 2.08. The molecule has 16 heavy (non-hydrogen) atoms. The van der Waals surface area contributed by atoms with E-state index in [2.05, 4.69) is 15.5 Å². The molecule has 1 rings (SSSR count). The zero-order valence-corrected chi connectivity index (χ0v) is 9.15. The van der Waals surface area contributed by atoms with Gasteiger partial charge >= 0.3 is 12.0 Å². The van der Waals surface area contributed by atoms with Gasteiger partial charge < -0.3 is 15.3 Å². The molecule has 7 heteroatoms. The quantitative estimate of drug-likeness (QED) is 0.670. The lowest BCUT2D eigenvalue weighted by Gasteiger charge is -2.15. The van der Waals surface area contributed by atoms with Gasteiger partial charge in [0.1, 0.15) is 6.54 Å². The number of carboxylic acids is 1. The van der Waals surface area contributed by atoms with E-state index in [1.54, 1.807) is 6.20 Å². The van der Waals surface area contributed by atoms with Crippen molar-refractivity contribution in [3.63, 3.8) is 0 Å². The largest absolute Gasteiger partial charge is 0.480 e. The number of hydrogen-bond acceptors (Lipinski definition) is 3. The van der Waals surface area contributed by atoms with Crippen LogP contribution >= 0.6 is 0 Å². The van der Waals surface area contributed by atoms with Crippen molar-refractivity contribution in [2.45, 2.75) is 13.5 Å². The molecule has 0 aliphatic rings. The predicted octanol–water partition coefficient (Wildman–Crippen LogP) is -0.0559. The molecule has 2 amide bonds. The normalized spacial score (nSPS) is 9.88. The number of likely N-dealkylation sites (N-methyl/N-ethyl adjacent to an activating group) is 1. The summed E-state index contributed by atoms with van der Waals surface area (Å²) in [4.78, 5) is 22.9. The van der Waals surface area contributed by atoms with E-state index in [0.29, 0.717) is 6.54 Å². The molecule has 0 aliphatic heterocycles. The molecule has 7 nitrogen and oxygen atoms in total. The van der Waals surface area contributed by atoms with E-state index in [-0.39, 0.29) is 6.54 Å². The standard InChI is InChI=1S/C9H14N4O3/c1-6-7(4-11-12-6)3-10-9(16)13(2)5-8(14)15/h4H,3,5H2,1-2H3,(H,10,16)(H,11,12)(H,14,15). The van der Waals surface area contributed by atoms with Gasteiger partial charge in [0.05, 0.1) is 6.20 Å². The van der Waals surface area contributed by atoms with E-state index in [4.69, 9.17) is 5.11 Å². The van der Waals surface area contributed by atoms with Crippen molar-refractivity contribution in [1.82, 2.24) is 20.4 Å². The van der Waals surface area contributed by atoms with Gasteiger partial charge in [-0.3, -0.25) is 9.89 Å². The molecule has 0 aliphatic carbocycles. The molecule has 1 aromatic heterocycles. The summed E-state index contributed by atoms with van der Waals surface area (Å²) in [6.07, 6.45) is 1.62. The number of aryl methyl sites for hydroxylation is 1. The van der Waals surface area contributed by atoms with Gasteiger partial charge in [0.15, 0.2) is 0 Å². The Morgan fingerprint density at radius 3 is 2.81 bits per heavy atom.